The summed E-state index contributed by atoms with van der Waals surface area (Å²) in [7, 11) is 0. The number of alkyl halides is 3. The number of aliphatic hydroxyl groups is 1. The zero-order valence-electron chi connectivity index (χ0n) is 13.3. The Morgan fingerprint density at radius 1 is 1.35 bits per heavy atom. The van der Waals surface area contributed by atoms with Crippen LogP contribution in [0.15, 0.2) is 24.3 Å². The fraction of sp³-hybridized carbons (Fsp3) is 0.312. The molecule has 1 aromatic carbocycles. The van der Waals surface area contributed by atoms with Gasteiger partial charge in [-0.1, -0.05) is 6.07 Å². The van der Waals surface area contributed by atoms with Crippen LogP contribution in [0.4, 0.5) is 23.9 Å². The monoisotopic (exact) mass is 388 g/mol. The number of thiophene rings is 1. The third-order valence-electron chi connectivity index (χ3n) is 3.73. The largest absolute Gasteiger partial charge is 0.508 e. The molecule has 1 atom stereocenters. The number of aliphatic hydroxyl groups excluding tert-OH is 1. The zero-order chi connectivity index (χ0) is 18.9. The predicted octanol–water partition coefficient (Wildman–Crippen LogP) is 3.07. The average molecular weight is 388 g/mol. The standard InChI is InChI=1S/C16H15F3N2O4S/c17-16(18,19)15(24)21-14-12(10-4-5-25-7-11(10)26-14)13(23)20-8-2-1-3-9(22)6-8/h1-3,6,15,21-22,24H,4-5,7H2,(H,20,23). The van der Waals surface area contributed by atoms with E-state index >= 15 is 0 Å². The number of fused-ring (bicyclic) bond motifs is 1. The van der Waals surface area contributed by atoms with Crippen molar-refractivity contribution in [3.8, 4) is 5.75 Å². The summed E-state index contributed by atoms with van der Waals surface area (Å²) >= 11 is 0.942. The number of carbonyl (C=O) groups is 1. The second-order valence-electron chi connectivity index (χ2n) is 5.60. The van der Waals surface area contributed by atoms with E-state index in [1.165, 1.54) is 24.3 Å². The van der Waals surface area contributed by atoms with Crippen molar-refractivity contribution in [1.29, 1.82) is 0 Å². The summed E-state index contributed by atoms with van der Waals surface area (Å²) in [6.45, 7) is 0.535. The first-order valence-electron chi connectivity index (χ1n) is 7.59. The Morgan fingerprint density at radius 2 is 2.12 bits per heavy atom. The molecule has 6 nitrogen and oxygen atoms in total. The van der Waals surface area contributed by atoms with Gasteiger partial charge in [-0.25, -0.2) is 0 Å². The van der Waals surface area contributed by atoms with Gasteiger partial charge in [0.1, 0.15) is 10.8 Å². The van der Waals surface area contributed by atoms with Gasteiger partial charge in [0, 0.05) is 16.6 Å². The van der Waals surface area contributed by atoms with Crippen molar-refractivity contribution in [3.63, 3.8) is 0 Å². The van der Waals surface area contributed by atoms with Crippen LogP contribution in [0.2, 0.25) is 0 Å². The van der Waals surface area contributed by atoms with E-state index in [0.717, 1.165) is 11.3 Å². The summed E-state index contributed by atoms with van der Waals surface area (Å²) in [5.74, 6) is -0.693. The SMILES string of the molecule is O=C(Nc1cccc(O)c1)c1c(NC(O)C(F)(F)F)sc2c1CCOC2. The first-order chi connectivity index (χ1) is 12.3. The molecule has 0 spiro atoms. The van der Waals surface area contributed by atoms with Gasteiger partial charge in [0.15, 0.2) is 0 Å². The molecule has 26 heavy (non-hydrogen) atoms. The summed E-state index contributed by atoms with van der Waals surface area (Å²) in [5.41, 5.74) is 0.931. The van der Waals surface area contributed by atoms with Crippen LogP contribution in [0.3, 0.4) is 0 Å². The third kappa shape index (κ3) is 3.92. The molecule has 2 heterocycles. The molecule has 0 saturated carbocycles. The molecular formula is C16H15F3N2O4S. The molecule has 0 fully saturated rings. The molecule has 1 aliphatic rings. The van der Waals surface area contributed by atoms with Gasteiger partial charge >= 0.3 is 6.18 Å². The molecule has 0 radical (unpaired) electrons. The van der Waals surface area contributed by atoms with E-state index in [9.17, 15) is 28.2 Å². The van der Waals surface area contributed by atoms with E-state index in [1.807, 2.05) is 5.32 Å². The third-order valence-corrected chi connectivity index (χ3v) is 4.87. The summed E-state index contributed by atoms with van der Waals surface area (Å²) in [5, 5.41) is 23.2. The maximum atomic E-state index is 12.7. The smallest absolute Gasteiger partial charge is 0.433 e. The molecule has 0 saturated heterocycles. The molecule has 0 bridgehead atoms. The molecule has 3 rings (SSSR count). The van der Waals surface area contributed by atoms with Crippen LogP contribution < -0.4 is 10.6 Å². The summed E-state index contributed by atoms with van der Waals surface area (Å²) in [6.07, 6.45) is -7.30. The van der Waals surface area contributed by atoms with Gasteiger partial charge in [0.25, 0.3) is 5.91 Å². The van der Waals surface area contributed by atoms with Crippen LogP contribution in [0, 0.1) is 0 Å². The summed E-state index contributed by atoms with van der Waals surface area (Å²) in [4.78, 5) is 13.3. The normalized spacial score (nSPS) is 15.2. The number of aromatic hydroxyl groups is 1. The van der Waals surface area contributed by atoms with Gasteiger partial charge in [-0.3, -0.25) is 4.79 Å². The Kier molecular flexibility index (Phi) is 5.08. The number of rotatable bonds is 4. The first kappa shape index (κ1) is 18.5. The van der Waals surface area contributed by atoms with Gasteiger partial charge in [-0.2, -0.15) is 13.2 Å². The number of nitrogens with one attached hydrogen (secondary N) is 2. The van der Waals surface area contributed by atoms with Gasteiger partial charge in [-0.15, -0.1) is 11.3 Å². The highest BCUT2D eigenvalue weighted by atomic mass is 32.1. The molecule has 1 amide bonds. The minimum absolute atomic E-state index is 0.0416. The van der Waals surface area contributed by atoms with Crippen molar-refractivity contribution in [1.82, 2.24) is 0 Å². The average Bonchev–Trinajstić information content (AvgIpc) is 2.91. The maximum Gasteiger partial charge on any atom is 0.433 e. The molecule has 0 aliphatic carbocycles. The number of phenols is 1. The van der Waals surface area contributed by atoms with Crippen LogP contribution in [-0.4, -0.2) is 35.1 Å². The molecule has 2 aromatic rings. The highest BCUT2D eigenvalue weighted by Crippen LogP contribution is 2.38. The van der Waals surface area contributed by atoms with Crippen LogP contribution in [0.1, 0.15) is 20.8 Å². The quantitative estimate of drug-likeness (QED) is 0.605. The molecule has 4 N–H and O–H groups in total. The Labute approximate surface area is 150 Å². The van der Waals surface area contributed by atoms with Crippen molar-refractivity contribution in [2.45, 2.75) is 25.4 Å². The number of halogens is 3. The summed E-state index contributed by atoms with van der Waals surface area (Å²) in [6, 6.07) is 5.80. The first-order valence-corrected chi connectivity index (χ1v) is 8.41. The number of amides is 1. The number of carbonyl (C=O) groups excluding carboxylic acids is 1. The topological polar surface area (TPSA) is 90.8 Å². The van der Waals surface area contributed by atoms with Crippen LogP contribution >= 0.6 is 11.3 Å². The fourth-order valence-corrected chi connectivity index (χ4v) is 3.76. The lowest BCUT2D eigenvalue weighted by atomic mass is 10.0. The van der Waals surface area contributed by atoms with Crippen LogP contribution in [-0.2, 0) is 17.8 Å². The number of phenolic OH excluding ortho intramolecular Hbond substituents is 1. The van der Waals surface area contributed by atoms with Crippen molar-refractivity contribution in [2.75, 3.05) is 17.2 Å². The van der Waals surface area contributed by atoms with E-state index in [0.29, 0.717) is 29.2 Å². The van der Waals surface area contributed by atoms with E-state index in [1.54, 1.807) is 0 Å². The van der Waals surface area contributed by atoms with Crippen molar-refractivity contribution >= 4 is 27.9 Å². The minimum atomic E-state index is -4.88. The van der Waals surface area contributed by atoms with E-state index < -0.39 is 18.3 Å². The highest BCUT2D eigenvalue weighted by molar-refractivity contribution is 7.16. The lowest BCUT2D eigenvalue weighted by Crippen LogP contribution is -2.36. The van der Waals surface area contributed by atoms with E-state index in [-0.39, 0.29) is 22.9 Å². The number of hydrogen-bond acceptors (Lipinski definition) is 6. The van der Waals surface area contributed by atoms with Gasteiger partial charge < -0.3 is 25.6 Å². The van der Waals surface area contributed by atoms with Crippen LogP contribution in [0.5, 0.6) is 5.75 Å². The molecule has 1 unspecified atom stereocenters. The van der Waals surface area contributed by atoms with E-state index in [2.05, 4.69) is 5.32 Å². The maximum absolute atomic E-state index is 12.7. The summed E-state index contributed by atoms with van der Waals surface area (Å²) < 4.78 is 43.3. The van der Waals surface area contributed by atoms with Crippen molar-refractivity contribution in [2.24, 2.45) is 0 Å². The molecule has 140 valence electrons. The zero-order valence-corrected chi connectivity index (χ0v) is 14.1. The fourth-order valence-electron chi connectivity index (χ4n) is 2.56. The Hall–Kier alpha value is -2.30. The Balaban J connectivity index is 1.93. The minimum Gasteiger partial charge on any atom is -0.508 e. The highest BCUT2D eigenvalue weighted by Gasteiger charge is 2.40. The number of benzene rings is 1. The van der Waals surface area contributed by atoms with Crippen LogP contribution in [0.25, 0.3) is 0 Å². The molecular weight excluding hydrogens is 373 g/mol. The number of ether oxygens (including phenoxy) is 1. The second kappa shape index (κ2) is 7.14. The van der Waals surface area contributed by atoms with Crippen molar-refractivity contribution < 1.29 is 32.9 Å². The molecule has 10 heteroatoms. The predicted molar refractivity (Wildman–Crippen MR) is 89.4 cm³/mol. The lowest BCUT2D eigenvalue weighted by molar-refractivity contribution is -0.194. The van der Waals surface area contributed by atoms with Gasteiger partial charge in [-0.05, 0) is 24.1 Å². The Morgan fingerprint density at radius 3 is 2.81 bits per heavy atom. The second-order valence-corrected chi connectivity index (χ2v) is 6.71. The van der Waals surface area contributed by atoms with Crippen molar-refractivity contribution in [3.05, 3.63) is 40.3 Å². The molecule has 1 aliphatic heterocycles. The van der Waals surface area contributed by atoms with Gasteiger partial charge in [0.05, 0.1) is 18.8 Å². The number of hydrogen-bond donors (Lipinski definition) is 4. The Bertz CT molecular complexity index is 822. The molecule has 1 aromatic heterocycles. The van der Waals surface area contributed by atoms with E-state index in [4.69, 9.17) is 4.74 Å². The van der Waals surface area contributed by atoms with Gasteiger partial charge in [0.2, 0.25) is 6.23 Å². The number of anilines is 2. The lowest BCUT2D eigenvalue weighted by Gasteiger charge is -2.17.